The van der Waals surface area contributed by atoms with Gasteiger partial charge in [-0.1, -0.05) is 19.1 Å². The Bertz CT molecular complexity index is 553. The van der Waals surface area contributed by atoms with E-state index in [9.17, 15) is 0 Å². The van der Waals surface area contributed by atoms with Crippen LogP contribution in [0.5, 0.6) is 0 Å². The van der Waals surface area contributed by atoms with Gasteiger partial charge in [-0.25, -0.2) is 5.43 Å². The SMILES string of the molecule is CCCn1ncc(Br)c1C(NN)c1ccc(SC)cc1. The normalized spacial score (nSPS) is 12.6. The van der Waals surface area contributed by atoms with Crippen LogP contribution >= 0.6 is 27.7 Å². The van der Waals surface area contributed by atoms with E-state index in [-0.39, 0.29) is 6.04 Å². The number of nitrogens with zero attached hydrogens (tertiary/aromatic N) is 2. The van der Waals surface area contributed by atoms with Crippen molar-refractivity contribution < 1.29 is 0 Å². The van der Waals surface area contributed by atoms with Crippen LogP contribution in [0.1, 0.15) is 30.6 Å². The highest BCUT2D eigenvalue weighted by molar-refractivity contribution is 9.10. The van der Waals surface area contributed by atoms with Crippen molar-refractivity contribution in [1.82, 2.24) is 15.2 Å². The Morgan fingerprint density at radius 2 is 2.10 bits per heavy atom. The van der Waals surface area contributed by atoms with Crippen molar-refractivity contribution in [2.75, 3.05) is 6.26 Å². The summed E-state index contributed by atoms with van der Waals surface area (Å²) in [6.07, 6.45) is 4.93. The summed E-state index contributed by atoms with van der Waals surface area (Å²) in [5.41, 5.74) is 5.09. The molecule has 1 aromatic carbocycles. The Labute approximate surface area is 132 Å². The van der Waals surface area contributed by atoms with Gasteiger partial charge >= 0.3 is 0 Å². The van der Waals surface area contributed by atoms with Crippen molar-refractivity contribution in [3.8, 4) is 0 Å². The molecule has 2 aromatic rings. The minimum absolute atomic E-state index is 0.0747. The van der Waals surface area contributed by atoms with Crippen LogP contribution in [0.4, 0.5) is 0 Å². The van der Waals surface area contributed by atoms with E-state index in [2.05, 4.69) is 63.9 Å². The summed E-state index contributed by atoms with van der Waals surface area (Å²) in [5, 5.41) is 4.40. The highest BCUT2D eigenvalue weighted by Crippen LogP contribution is 2.29. The van der Waals surface area contributed by atoms with Crippen LogP contribution in [0, 0.1) is 0 Å². The van der Waals surface area contributed by atoms with Crippen LogP contribution in [0.25, 0.3) is 0 Å². The predicted molar refractivity (Wildman–Crippen MR) is 87.6 cm³/mol. The van der Waals surface area contributed by atoms with Crippen LogP contribution in [0.15, 0.2) is 39.8 Å². The molecule has 3 N–H and O–H groups in total. The lowest BCUT2D eigenvalue weighted by molar-refractivity contribution is 0.519. The molecule has 1 atom stereocenters. The average molecular weight is 355 g/mol. The minimum atomic E-state index is -0.0747. The van der Waals surface area contributed by atoms with Crippen molar-refractivity contribution in [2.45, 2.75) is 30.8 Å². The van der Waals surface area contributed by atoms with Gasteiger partial charge in [0, 0.05) is 11.4 Å². The van der Waals surface area contributed by atoms with Gasteiger partial charge in [0.15, 0.2) is 0 Å². The number of hydrogen-bond donors (Lipinski definition) is 2. The molecule has 1 heterocycles. The summed E-state index contributed by atoms with van der Waals surface area (Å²) in [6, 6.07) is 8.35. The molecule has 0 saturated heterocycles. The number of nitrogens with two attached hydrogens (primary N) is 1. The summed E-state index contributed by atoms with van der Waals surface area (Å²) in [4.78, 5) is 1.24. The first-order chi connectivity index (χ1) is 9.71. The second-order valence-electron chi connectivity index (χ2n) is 4.47. The average Bonchev–Trinajstić information content (AvgIpc) is 2.83. The smallest absolute Gasteiger partial charge is 0.0889 e. The van der Waals surface area contributed by atoms with E-state index in [4.69, 9.17) is 5.84 Å². The van der Waals surface area contributed by atoms with Crippen molar-refractivity contribution in [2.24, 2.45) is 5.84 Å². The topological polar surface area (TPSA) is 55.9 Å². The molecule has 0 radical (unpaired) electrons. The molecule has 0 saturated carbocycles. The zero-order valence-electron chi connectivity index (χ0n) is 11.6. The van der Waals surface area contributed by atoms with Gasteiger partial charge in [0.2, 0.25) is 0 Å². The summed E-state index contributed by atoms with van der Waals surface area (Å²) >= 11 is 5.30. The van der Waals surface area contributed by atoms with Crippen LogP contribution in [-0.2, 0) is 6.54 Å². The fraction of sp³-hybridized carbons (Fsp3) is 0.357. The molecule has 0 bridgehead atoms. The van der Waals surface area contributed by atoms with Gasteiger partial charge in [0.25, 0.3) is 0 Å². The van der Waals surface area contributed by atoms with E-state index >= 15 is 0 Å². The first-order valence-electron chi connectivity index (χ1n) is 6.52. The third-order valence-corrected chi connectivity index (χ3v) is 4.51. The molecule has 4 nitrogen and oxygen atoms in total. The molecule has 0 spiro atoms. The molecule has 0 aliphatic carbocycles. The second-order valence-corrected chi connectivity index (χ2v) is 6.21. The molecule has 1 unspecified atom stereocenters. The third-order valence-electron chi connectivity index (χ3n) is 3.16. The van der Waals surface area contributed by atoms with Crippen LogP contribution in [0.3, 0.4) is 0 Å². The lowest BCUT2D eigenvalue weighted by atomic mass is 10.0. The predicted octanol–water partition coefficient (Wildman–Crippen LogP) is 3.33. The lowest BCUT2D eigenvalue weighted by Gasteiger charge is -2.19. The van der Waals surface area contributed by atoms with Gasteiger partial charge in [0.05, 0.1) is 22.4 Å². The fourth-order valence-electron chi connectivity index (χ4n) is 2.18. The van der Waals surface area contributed by atoms with Crippen molar-refractivity contribution in [3.63, 3.8) is 0 Å². The summed E-state index contributed by atoms with van der Waals surface area (Å²) in [5.74, 6) is 5.78. The fourth-order valence-corrected chi connectivity index (χ4v) is 3.11. The molecular formula is C14H19BrN4S. The van der Waals surface area contributed by atoms with E-state index < -0.39 is 0 Å². The van der Waals surface area contributed by atoms with E-state index in [1.807, 2.05) is 10.9 Å². The first kappa shape index (κ1) is 15.6. The molecule has 2 rings (SSSR count). The van der Waals surface area contributed by atoms with Gasteiger partial charge in [-0.2, -0.15) is 5.10 Å². The van der Waals surface area contributed by atoms with Gasteiger partial charge in [0.1, 0.15) is 0 Å². The maximum Gasteiger partial charge on any atom is 0.0889 e. The van der Waals surface area contributed by atoms with Gasteiger partial charge < -0.3 is 0 Å². The van der Waals surface area contributed by atoms with Crippen molar-refractivity contribution in [1.29, 1.82) is 0 Å². The zero-order valence-corrected chi connectivity index (χ0v) is 14.0. The highest BCUT2D eigenvalue weighted by Gasteiger charge is 2.20. The highest BCUT2D eigenvalue weighted by atomic mass is 79.9. The molecule has 1 aromatic heterocycles. The number of halogens is 1. The Morgan fingerprint density at radius 3 is 2.65 bits per heavy atom. The zero-order chi connectivity index (χ0) is 14.5. The summed E-state index contributed by atoms with van der Waals surface area (Å²) in [7, 11) is 0. The number of hydrazine groups is 1. The van der Waals surface area contributed by atoms with Crippen LogP contribution in [-0.4, -0.2) is 16.0 Å². The maximum absolute atomic E-state index is 5.78. The van der Waals surface area contributed by atoms with Gasteiger partial charge in [-0.15, -0.1) is 11.8 Å². The third kappa shape index (κ3) is 3.25. The van der Waals surface area contributed by atoms with Gasteiger partial charge in [-0.3, -0.25) is 10.5 Å². The number of benzene rings is 1. The Morgan fingerprint density at radius 1 is 1.40 bits per heavy atom. The van der Waals surface area contributed by atoms with E-state index in [1.54, 1.807) is 11.8 Å². The second kappa shape index (κ2) is 7.26. The standard InChI is InChI=1S/C14H19BrN4S/c1-3-8-19-14(12(15)9-17-19)13(18-16)10-4-6-11(20-2)7-5-10/h4-7,9,13,18H,3,8,16H2,1-2H3. The molecule has 108 valence electrons. The molecule has 6 heteroatoms. The minimum Gasteiger partial charge on any atom is -0.271 e. The quantitative estimate of drug-likeness (QED) is 0.474. The van der Waals surface area contributed by atoms with E-state index in [0.717, 1.165) is 28.7 Å². The molecule has 0 fully saturated rings. The number of hydrogen-bond acceptors (Lipinski definition) is 4. The number of aromatic nitrogens is 2. The van der Waals surface area contributed by atoms with Crippen LogP contribution < -0.4 is 11.3 Å². The molecule has 0 amide bonds. The van der Waals surface area contributed by atoms with Gasteiger partial charge in [-0.05, 0) is 46.3 Å². The molecule has 20 heavy (non-hydrogen) atoms. The monoisotopic (exact) mass is 354 g/mol. The maximum atomic E-state index is 5.78. The largest absolute Gasteiger partial charge is 0.271 e. The Hall–Kier alpha value is -0.820. The summed E-state index contributed by atoms with van der Waals surface area (Å²) < 4.78 is 2.97. The number of thioether (sulfide) groups is 1. The summed E-state index contributed by atoms with van der Waals surface area (Å²) in [6.45, 7) is 3.01. The lowest BCUT2D eigenvalue weighted by Crippen LogP contribution is -2.31. The molecule has 0 aliphatic rings. The number of rotatable bonds is 6. The Kier molecular flexibility index (Phi) is 5.65. The number of aryl methyl sites for hydroxylation is 1. The van der Waals surface area contributed by atoms with Crippen molar-refractivity contribution in [3.05, 3.63) is 46.2 Å². The first-order valence-corrected chi connectivity index (χ1v) is 8.54. The van der Waals surface area contributed by atoms with Crippen LogP contribution in [0.2, 0.25) is 0 Å². The number of nitrogens with one attached hydrogen (secondary N) is 1. The van der Waals surface area contributed by atoms with E-state index in [0.29, 0.717) is 0 Å². The Balaban J connectivity index is 2.38. The van der Waals surface area contributed by atoms with Crippen molar-refractivity contribution >= 4 is 27.7 Å². The molecule has 0 aliphatic heterocycles. The molecular weight excluding hydrogens is 336 g/mol. The van der Waals surface area contributed by atoms with E-state index in [1.165, 1.54) is 4.90 Å².